The normalized spacial score (nSPS) is 9.87. The first kappa shape index (κ1) is 17.9. The van der Waals surface area contributed by atoms with Gasteiger partial charge in [-0.1, -0.05) is 0 Å². The van der Waals surface area contributed by atoms with E-state index in [0.29, 0.717) is 0 Å². The molecule has 0 aromatic carbocycles. The summed E-state index contributed by atoms with van der Waals surface area (Å²) in [4.78, 5) is 0. The van der Waals surface area contributed by atoms with Gasteiger partial charge in [-0.05, 0) is 0 Å². The van der Waals surface area contributed by atoms with E-state index in [-0.39, 0.29) is 0 Å². The SMILES string of the molecule is C=C.CCC[CH2][Sn]([CH2]CCC)[CH2]CCC. The first-order valence-electron chi connectivity index (χ1n) is 6.68. The van der Waals surface area contributed by atoms with Gasteiger partial charge in [0.15, 0.2) is 0 Å². The maximum absolute atomic E-state index is 3.00. The van der Waals surface area contributed by atoms with Gasteiger partial charge in [-0.25, -0.2) is 0 Å². The van der Waals surface area contributed by atoms with Gasteiger partial charge >= 0.3 is 92.4 Å². The maximum atomic E-state index is 3.00. The molecule has 0 aromatic rings. The molecule has 0 aliphatic heterocycles. The quantitative estimate of drug-likeness (QED) is 0.379. The Labute approximate surface area is 105 Å². The van der Waals surface area contributed by atoms with Crippen LogP contribution in [0.2, 0.25) is 13.3 Å². The molecule has 0 unspecified atom stereocenters. The molecule has 0 fully saturated rings. The molecule has 0 bridgehead atoms. The Bertz CT molecular complexity index is 82.5. The first-order chi connectivity index (χ1) is 7.35. The van der Waals surface area contributed by atoms with E-state index in [0.717, 1.165) is 0 Å². The van der Waals surface area contributed by atoms with Gasteiger partial charge in [-0.3, -0.25) is 0 Å². The zero-order chi connectivity index (χ0) is 11.9. The van der Waals surface area contributed by atoms with Crippen LogP contribution in [0.4, 0.5) is 0 Å². The van der Waals surface area contributed by atoms with Crippen LogP contribution in [0.1, 0.15) is 59.3 Å². The van der Waals surface area contributed by atoms with Crippen LogP contribution in [0.15, 0.2) is 13.2 Å². The molecule has 0 heterocycles. The van der Waals surface area contributed by atoms with Crippen molar-refractivity contribution in [3.05, 3.63) is 13.2 Å². The molecule has 0 aliphatic rings. The molecule has 0 spiro atoms. The van der Waals surface area contributed by atoms with Gasteiger partial charge in [0, 0.05) is 0 Å². The molecule has 0 amide bonds. The molecular weight excluding hydrogens is 287 g/mol. The van der Waals surface area contributed by atoms with Crippen LogP contribution in [-0.4, -0.2) is 19.8 Å². The Morgan fingerprint density at radius 3 is 1.13 bits per heavy atom. The number of hydrogen-bond donors (Lipinski definition) is 0. The average molecular weight is 318 g/mol. The zero-order valence-electron chi connectivity index (χ0n) is 11.3. The van der Waals surface area contributed by atoms with Crippen molar-refractivity contribution in [1.82, 2.24) is 0 Å². The summed E-state index contributed by atoms with van der Waals surface area (Å²) in [5.41, 5.74) is 0. The Kier molecular flexibility index (Phi) is 20.2. The van der Waals surface area contributed by atoms with Gasteiger partial charge in [-0.15, -0.1) is 13.2 Å². The summed E-state index contributed by atoms with van der Waals surface area (Å²) < 4.78 is 5.04. The van der Waals surface area contributed by atoms with Crippen LogP contribution >= 0.6 is 0 Å². The van der Waals surface area contributed by atoms with Gasteiger partial charge in [0.05, 0.1) is 0 Å². The molecule has 0 aliphatic carbocycles. The van der Waals surface area contributed by atoms with Gasteiger partial charge in [0.25, 0.3) is 0 Å². The van der Waals surface area contributed by atoms with Crippen molar-refractivity contribution in [3.8, 4) is 0 Å². The van der Waals surface area contributed by atoms with Crippen molar-refractivity contribution in [2.24, 2.45) is 0 Å². The fourth-order valence-electron chi connectivity index (χ4n) is 1.66. The summed E-state index contributed by atoms with van der Waals surface area (Å²) in [6, 6.07) is 0. The van der Waals surface area contributed by atoms with E-state index in [1.807, 2.05) is 0 Å². The predicted molar refractivity (Wildman–Crippen MR) is 76.2 cm³/mol. The molecule has 0 rings (SSSR count). The third kappa shape index (κ3) is 14.5. The van der Waals surface area contributed by atoms with Crippen LogP contribution in [0.5, 0.6) is 0 Å². The van der Waals surface area contributed by atoms with E-state index in [4.69, 9.17) is 0 Å². The summed E-state index contributed by atoms with van der Waals surface area (Å²) in [6.07, 6.45) is 8.85. The summed E-state index contributed by atoms with van der Waals surface area (Å²) in [5.74, 6) is 0. The van der Waals surface area contributed by atoms with Gasteiger partial charge in [0.2, 0.25) is 0 Å². The molecule has 15 heavy (non-hydrogen) atoms. The van der Waals surface area contributed by atoms with E-state index in [9.17, 15) is 0 Å². The Hall–Kier alpha value is 0.539. The van der Waals surface area contributed by atoms with E-state index in [1.54, 1.807) is 13.3 Å². The third-order valence-electron chi connectivity index (χ3n) is 2.65. The van der Waals surface area contributed by atoms with Crippen LogP contribution in [0.25, 0.3) is 0 Å². The van der Waals surface area contributed by atoms with Crippen LogP contribution in [-0.2, 0) is 0 Å². The van der Waals surface area contributed by atoms with Crippen LogP contribution < -0.4 is 0 Å². The molecule has 0 nitrogen and oxygen atoms in total. The topological polar surface area (TPSA) is 0 Å². The molecule has 0 saturated heterocycles. The Balaban J connectivity index is 0. The summed E-state index contributed by atoms with van der Waals surface area (Å²) in [7, 11) is 0. The summed E-state index contributed by atoms with van der Waals surface area (Å²) in [5, 5.41) is 0. The minimum atomic E-state index is -0.839. The molecule has 0 saturated carbocycles. The monoisotopic (exact) mass is 319 g/mol. The fourth-order valence-corrected chi connectivity index (χ4v) is 11.1. The molecule has 1 radical (unpaired) electrons. The zero-order valence-corrected chi connectivity index (χ0v) is 14.1. The van der Waals surface area contributed by atoms with E-state index < -0.39 is 19.8 Å². The van der Waals surface area contributed by atoms with Crippen molar-refractivity contribution < 1.29 is 0 Å². The predicted octanol–water partition coefficient (Wildman–Crippen LogP) is 5.68. The van der Waals surface area contributed by atoms with Gasteiger partial charge in [0.1, 0.15) is 0 Å². The molecule has 0 aromatic heterocycles. The van der Waals surface area contributed by atoms with Crippen molar-refractivity contribution in [1.29, 1.82) is 0 Å². The molecule has 1 heteroatoms. The number of rotatable bonds is 9. The molecule has 91 valence electrons. The Morgan fingerprint density at radius 1 is 0.667 bits per heavy atom. The second-order valence-corrected chi connectivity index (χ2v) is 12.6. The van der Waals surface area contributed by atoms with E-state index in [1.165, 1.54) is 38.5 Å². The minimum absolute atomic E-state index is 0.839. The molecule has 0 atom stereocenters. The van der Waals surface area contributed by atoms with Gasteiger partial charge in [-0.2, -0.15) is 0 Å². The van der Waals surface area contributed by atoms with Crippen molar-refractivity contribution in [2.45, 2.75) is 72.6 Å². The third-order valence-corrected chi connectivity index (χ3v) is 11.7. The first-order valence-corrected chi connectivity index (χ1v) is 12.7. The second kappa shape index (κ2) is 17.0. The van der Waals surface area contributed by atoms with Crippen molar-refractivity contribution in [2.75, 3.05) is 0 Å². The summed E-state index contributed by atoms with van der Waals surface area (Å²) in [6.45, 7) is 13.0. The number of hydrogen-bond acceptors (Lipinski definition) is 0. The van der Waals surface area contributed by atoms with Crippen molar-refractivity contribution in [3.63, 3.8) is 0 Å². The van der Waals surface area contributed by atoms with E-state index >= 15 is 0 Å². The standard InChI is InChI=1S/3C4H9.C2H4.Sn/c3*1-3-4-2;1-2;/h3*1,3-4H2,2H3;1-2H2;. The Morgan fingerprint density at radius 2 is 0.933 bits per heavy atom. The second-order valence-electron chi connectivity index (χ2n) is 4.06. The van der Waals surface area contributed by atoms with Gasteiger partial charge < -0.3 is 0 Å². The fraction of sp³-hybridized carbons (Fsp3) is 0.857. The van der Waals surface area contributed by atoms with Crippen LogP contribution in [0, 0.1) is 0 Å². The van der Waals surface area contributed by atoms with Crippen molar-refractivity contribution >= 4 is 19.8 Å². The number of unbranched alkanes of at least 4 members (excludes halogenated alkanes) is 3. The summed E-state index contributed by atoms with van der Waals surface area (Å²) >= 11 is -0.839. The van der Waals surface area contributed by atoms with E-state index in [2.05, 4.69) is 33.9 Å². The molecular formula is C14H31Sn. The average Bonchev–Trinajstić information content (AvgIpc) is 2.31. The van der Waals surface area contributed by atoms with Crippen LogP contribution in [0.3, 0.4) is 0 Å². The molecule has 0 N–H and O–H groups in total.